The van der Waals surface area contributed by atoms with Crippen molar-refractivity contribution >= 4 is 0 Å². The molecule has 2 aromatic heterocycles. The third-order valence-electron chi connectivity index (χ3n) is 1.82. The van der Waals surface area contributed by atoms with Gasteiger partial charge in [-0.3, -0.25) is 9.36 Å². The number of hydrogen-bond acceptors (Lipinski definition) is 4. The molecule has 0 amide bonds. The van der Waals surface area contributed by atoms with Crippen LogP contribution in [0.1, 0.15) is 5.82 Å². The van der Waals surface area contributed by atoms with E-state index in [2.05, 4.69) is 15.0 Å². The molecule has 6 nitrogen and oxygen atoms in total. The van der Waals surface area contributed by atoms with Crippen LogP contribution >= 0.6 is 0 Å². The summed E-state index contributed by atoms with van der Waals surface area (Å²) in [5, 5.41) is 0. The summed E-state index contributed by atoms with van der Waals surface area (Å²) in [6.45, 7) is 0.267. The molecule has 0 saturated heterocycles. The van der Waals surface area contributed by atoms with Gasteiger partial charge >= 0.3 is 0 Å². The second kappa shape index (κ2) is 3.43. The normalized spacial score (nSPS) is 10.4. The van der Waals surface area contributed by atoms with E-state index in [0.29, 0.717) is 5.82 Å². The smallest absolute Gasteiger partial charge is 0.291 e. The summed E-state index contributed by atoms with van der Waals surface area (Å²) in [4.78, 5) is 21.9. The van der Waals surface area contributed by atoms with Crippen LogP contribution in [0.4, 0.5) is 0 Å². The van der Waals surface area contributed by atoms with Crippen LogP contribution in [0.2, 0.25) is 0 Å². The monoisotopic (exact) mass is 191 g/mol. The van der Waals surface area contributed by atoms with Gasteiger partial charge in [0.1, 0.15) is 5.82 Å². The van der Waals surface area contributed by atoms with Crippen LogP contribution in [-0.4, -0.2) is 19.5 Å². The minimum Gasteiger partial charge on any atom is -0.324 e. The summed E-state index contributed by atoms with van der Waals surface area (Å²) < 4.78 is 1.57. The lowest BCUT2D eigenvalue weighted by Crippen LogP contribution is -2.18. The van der Waals surface area contributed by atoms with Crippen LogP contribution in [0.3, 0.4) is 0 Å². The molecule has 72 valence electrons. The third kappa shape index (κ3) is 1.31. The lowest BCUT2D eigenvalue weighted by molar-refractivity contribution is 0.833. The molecule has 0 aliphatic heterocycles. The molecule has 0 radical (unpaired) electrons. The maximum absolute atomic E-state index is 11.4. The van der Waals surface area contributed by atoms with E-state index >= 15 is 0 Å². The second-order valence-electron chi connectivity index (χ2n) is 2.66. The van der Waals surface area contributed by atoms with Gasteiger partial charge in [0.2, 0.25) is 5.82 Å². The first-order chi connectivity index (χ1) is 6.83. The van der Waals surface area contributed by atoms with Crippen LogP contribution < -0.4 is 11.3 Å². The van der Waals surface area contributed by atoms with E-state index in [-0.39, 0.29) is 17.9 Å². The SMILES string of the molecule is NCc1nccn1-c1ncc[nH]c1=O. The van der Waals surface area contributed by atoms with E-state index in [4.69, 9.17) is 5.73 Å². The first-order valence-electron chi connectivity index (χ1n) is 4.09. The lowest BCUT2D eigenvalue weighted by atomic mass is 10.5. The average Bonchev–Trinajstić information content (AvgIpc) is 2.66. The zero-order valence-corrected chi connectivity index (χ0v) is 7.34. The van der Waals surface area contributed by atoms with Crippen LogP contribution in [0, 0.1) is 0 Å². The summed E-state index contributed by atoms with van der Waals surface area (Å²) >= 11 is 0. The number of imidazole rings is 1. The first kappa shape index (κ1) is 8.64. The van der Waals surface area contributed by atoms with Gasteiger partial charge in [0, 0.05) is 24.8 Å². The molecule has 0 unspecified atom stereocenters. The summed E-state index contributed by atoms with van der Waals surface area (Å²) in [6.07, 6.45) is 6.22. The summed E-state index contributed by atoms with van der Waals surface area (Å²) in [5.74, 6) is 0.889. The molecule has 3 N–H and O–H groups in total. The van der Waals surface area contributed by atoms with E-state index in [1.54, 1.807) is 17.0 Å². The molecule has 2 rings (SSSR count). The van der Waals surface area contributed by atoms with E-state index < -0.39 is 0 Å². The summed E-state index contributed by atoms with van der Waals surface area (Å²) in [7, 11) is 0. The Morgan fingerprint density at radius 1 is 1.43 bits per heavy atom. The van der Waals surface area contributed by atoms with Gasteiger partial charge in [-0.15, -0.1) is 0 Å². The van der Waals surface area contributed by atoms with Gasteiger partial charge in [0.05, 0.1) is 6.54 Å². The largest absolute Gasteiger partial charge is 0.324 e. The Kier molecular flexibility index (Phi) is 2.11. The van der Waals surface area contributed by atoms with E-state index in [9.17, 15) is 4.79 Å². The maximum atomic E-state index is 11.4. The van der Waals surface area contributed by atoms with Crippen molar-refractivity contribution in [2.75, 3.05) is 0 Å². The standard InChI is InChI=1S/C8H9N5O/c9-5-6-10-3-4-13(6)7-8(14)12-2-1-11-7/h1-4H,5,9H2,(H,12,14). The highest BCUT2D eigenvalue weighted by molar-refractivity contribution is 5.20. The molecule has 0 atom stereocenters. The zero-order chi connectivity index (χ0) is 9.97. The highest BCUT2D eigenvalue weighted by Crippen LogP contribution is 2.01. The van der Waals surface area contributed by atoms with E-state index in [1.807, 2.05) is 0 Å². The van der Waals surface area contributed by atoms with Crippen molar-refractivity contribution in [2.24, 2.45) is 5.73 Å². The quantitative estimate of drug-likeness (QED) is 0.664. The van der Waals surface area contributed by atoms with Crippen molar-refractivity contribution in [3.05, 3.63) is 41.0 Å². The fourth-order valence-electron chi connectivity index (χ4n) is 1.19. The van der Waals surface area contributed by atoms with Crippen molar-refractivity contribution in [2.45, 2.75) is 6.54 Å². The van der Waals surface area contributed by atoms with Gasteiger partial charge in [-0.1, -0.05) is 0 Å². The Bertz CT molecular complexity index is 486. The predicted octanol–water partition coefficient (Wildman–Crippen LogP) is -0.586. The van der Waals surface area contributed by atoms with Crippen LogP contribution in [0.15, 0.2) is 29.6 Å². The second-order valence-corrected chi connectivity index (χ2v) is 2.66. The van der Waals surface area contributed by atoms with Gasteiger partial charge in [-0.2, -0.15) is 0 Å². The number of hydrogen-bond donors (Lipinski definition) is 2. The maximum Gasteiger partial charge on any atom is 0.291 e. The summed E-state index contributed by atoms with van der Waals surface area (Å²) in [5.41, 5.74) is 5.20. The molecule has 0 bridgehead atoms. The minimum absolute atomic E-state index is 0.264. The molecule has 0 fully saturated rings. The molecule has 2 heterocycles. The molecule has 0 spiro atoms. The highest BCUT2D eigenvalue weighted by Gasteiger charge is 2.06. The molecule has 2 aromatic rings. The summed E-state index contributed by atoms with van der Waals surface area (Å²) in [6, 6.07) is 0. The molecule has 14 heavy (non-hydrogen) atoms. The topological polar surface area (TPSA) is 89.6 Å². The first-order valence-corrected chi connectivity index (χ1v) is 4.09. The van der Waals surface area contributed by atoms with Crippen LogP contribution in [-0.2, 0) is 6.54 Å². The van der Waals surface area contributed by atoms with Gasteiger partial charge in [-0.05, 0) is 0 Å². The number of aromatic amines is 1. The number of nitrogens with zero attached hydrogens (tertiary/aromatic N) is 3. The van der Waals surface area contributed by atoms with E-state index in [1.165, 1.54) is 12.4 Å². The van der Waals surface area contributed by atoms with Gasteiger partial charge in [0.15, 0.2) is 0 Å². The highest BCUT2D eigenvalue weighted by atomic mass is 16.1. The van der Waals surface area contributed by atoms with Crippen molar-refractivity contribution in [3.63, 3.8) is 0 Å². The molecule has 0 saturated carbocycles. The van der Waals surface area contributed by atoms with Gasteiger partial charge in [0.25, 0.3) is 5.56 Å². The van der Waals surface area contributed by atoms with Crippen LogP contribution in [0.5, 0.6) is 0 Å². The fraction of sp³-hybridized carbons (Fsp3) is 0.125. The predicted molar refractivity (Wildman–Crippen MR) is 49.9 cm³/mol. The number of H-pyrrole nitrogens is 1. The lowest BCUT2D eigenvalue weighted by Gasteiger charge is -2.02. The van der Waals surface area contributed by atoms with E-state index in [0.717, 1.165) is 0 Å². The molecule has 0 aliphatic rings. The third-order valence-corrected chi connectivity index (χ3v) is 1.82. The molecule has 0 aliphatic carbocycles. The molecule has 6 heteroatoms. The number of nitrogens with two attached hydrogens (primary N) is 1. The number of rotatable bonds is 2. The van der Waals surface area contributed by atoms with Crippen molar-refractivity contribution in [3.8, 4) is 5.82 Å². The average molecular weight is 191 g/mol. The number of aromatic nitrogens is 4. The Labute approximate surface area is 79.4 Å². The van der Waals surface area contributed by atoms with Gasteiger partial charge in [-0.25, -0.2) is 9.97 Å². The van der Waals surface area contributed by atoms with Crippen molar-refractivity contribution in [1.82, 2.24) is 19.5 Å². The van der Waals surface area contributed by atoms with Crippen molar-refractivity contribution in [1.29, 1.82) is 0 Å². The molecular formula is C8H9N5O. The Morgan fingerprint density at radius 2 is 2.29 bits per heavy atom. The molecule has 0 aromatic carbocycles. The zero-order valence-electron chi connectivity index (χ0n) is 7.34. The molecular weight excluding hydrogens is 182 g/mol. The Morgan fingerprint density at radius 3 is 3.00 bits per heavy atom. The Hall–Kier alpha value is -1.95. The fourth-order valence-corrected chi connectivity index (χ4v) is 1.19. The minimum atomic E-state index is -0.264. The van der Waals surface area contributed by atoms with Crippen LogP contribution in [0.25, 0.3) is 5.82 Å². The van der Waals surface area contributed by atoms with Crippen molar-refractivity contribution < 1.29 is 0 Å². The number of nitrogens with one attached hydrogen (secondary N) is 1. The Balaban J connectivity index is 2.60. The van der Waals surface area contributed by atoms with Gasteiger partial charge < -0.3 is 10.7 Å².